The number of anilines is 2. The predicted molar refractivity (Wildman–Crippen MR) is 153 cm³/mol. The van der Waals surface area contributed by atoms with Gasteiger partial charge in [-0.15, -0.1) is 0 Å². The summed E-state index contributed by atoms with van der Waals surface area (Å²) in [6.07, 6.45) is 3.75. The molecule has 7 nitrogen and oxygen atoms in total. The fourth-order valence-corrected chi connectivity index (χ4v) is 6.00. The van der Waals surface area contributed by atoms with E-state index in [1.165, 1.54) is 22.6 Å². The fraction of sp³-hybridized carbons (Fsp3) is 0.333. The maximum Gasteiger partial charge on any atom is 0.338 e. The molecule has 206 valence electrons. The number of carbonyl (C=O) groups excluding carboxylic acids is 4. The number of fused-ring (bicyclic) bond motifs is 1. The summed E-state index contributed by atoms with van der Waals surface area (Å²) < 4.78 is 5.25. The molecule has 5 rings (SSSR count). The van der Waals surface area contributed by atoms with Crippen LogP contribution in [-0.4, -0.2) is 30.3 Å². The third-order valence-electron chi connectivity index (χ3n) is 8.16. The Morgan fingerprint density at radius 3 is 2.12 bits per heavy atom. The first-order chi connectivity index (χ1) is 19.4. The van der Waals surface area contributed by atoms with Gasteiger partial charge in [0.1, 0.15) is 0 Å². The van der Waals surface area contributed by atoms with Gasteiger partial charge in [-0.1, -0.05) is 62.4 Å². The van der Waals surface area contributed by atoms with E-state index in [0.29, 0.717) is 18.5 Å². The SMILES string of the molecule is CCc1cccc(CC)c1NC(=O)COC(=O)c1ccc(N2C(=O)[C@@H]3CC[C@H](c4ccccc4)C[C@H]3C2=O)cc1. The highest BCUT2D eigenvalue weighted by molar-refractivity contribution is 6.22. The molecule has 1 saturated carbocycles. The molecule has 3 amide bonds. The zero-order chi connectivity index (χ0) is 28.2. The van der Waals surface area contributed by atoms with Gasteiger partial charge in [-0.2, -0.15) is 0 Å². The standard InChI is InChI=1S/C33H34N2O5/c1-3-21-11-8-12-22(4-2)30(21)34-29(36)20-40-33(39)24-13-16-26(17-14-24)35-31(37)27-18-15-25(19-28(27)32(35)38)23-9-6-5-7-10-23/h5-14,16-17,25,27-28H,3-4,15,18-20H2,1-2H3,(H,34,36)/t25-,27+,28+/m0/s1. The molecule has 2 fully saturated rings. The molecule has 0 bridgehead atoms. The van der Waals surface area contributed by atoms with Gasteiger partial charge >= 0.3 is 5.97 Å². The Balaban J connectivity index is 1.20. The van der Waals surface area contributed by atoms with Gasteiger partial charge in [-0.25, -0.2) is 4.79 Å². The number of carbonyl (C=O) groups is 4. The molecule has 3 atom stereocenters. The summed E-state index contributed by atoms with van der Waals surface area (Å²) in [5, 5.41) is 2.88. The van der Waals surface area contributed by atoms with Crippen LogP contribution in [0.15, 0.2) is 72.8 Å². The second-order valence-electron chi connectivity index (χ2n) is 10.5. The van der Waals surface area contributed by atoms with Crippen LogP contribution in [0.2, 0.25) is 0 Å². The molecule has 1 aliphatic heterocycles. The smallest absolute Gasteiger partial charge is 0.338 e. The highest BCUT2D eigenvalue weighted by Gasteiger charge is 2.50. The normalized spacial score (nSPS) is 20.2. The van der Waals surface area contributed by atoms with E-state index in [0.717, 1.165) is 36.1 Å². The monoisotopic (exact) mass is 538 g/mol. The number of esters is 1. The molecule has 7 heteroatoms. The number of hydrogen-bond acceptors (Lipinski definition) is 5. The molecule has 0 unspecified atom stereocenters. The summed E-state index contributed by atoms with van der Waals surface area (Å²) in [5.41, 5.74) is 4.70. The number of ether oxygens (including phenoxy) is 1. The van der Waals surface area contributed by atoms with Crippen LogP contribution in [0.1, 0.15) is 66.1 Å². The number of nitrogens with one attached hydrogen (secondary N) is 1. The highest BCUT2D eigenvalue weighted by Crippen LogP contribution is 2.45. The average molecular weight is 539 g/mol. The first-order valence-corrected chi connectivity index (χ1v) is 14.0. The van der Waals surface area contributed by atoms with Crippen molar-refractivity contribution in [2.45, 2.75) is 51.9 Å². The van der Waals surface area contributed by atoms with Crippen molar-refractivity contribution >= 4 is 35.1 Å². The molecule has 1 aliphatic carbocycles. The van der Waals surface area contributed by atoms with Crippen LogP contribution < -0.4 is 10.2 Å². The molecule has 1 heterocycles. The number of para-hydroxylation sites is 1. The van der Waals surface area contributed by atoms with Crippen molar-refractivity contribution in [3.8, 4) is 0 Å². The third kappa shape index (κ3) is 5.41. The molecule has 0 spiro atoms. The van der Waals surface area contributed by atoms with Gasteiger partial charge in [0.05, 0.1) is 23.1 Å². The highest BCUT2D eigenvalue weighted by atomic mass is 16.5. The van der Waals surface area contributed by atoms with E-state index in [2.05, 4.69) is 17.4 Å². The molecule has 3 aromatic carbocycles. The van der Waals surface area contributed by atoms with Crippen LogP contribution in [0.25, 0.3) is 0 Å². The minimum Gasteiger partial charge on any atom is -0.452 e. The molecule has 0 aromatic heterocycles. The van der Waals surface area contributed by atoms with Gasteiger partial charge in [-0.3, -0.25) is 19.3 Å². The van der Waals surface area contributed by atoms with Gasteiger partial charge < -0.3 is 10.1 Å². The van der Waals surface area contributed by atoms with E-state index in [9.17, 15) is 19.2 Å². The largest absolute Gasteiger partial charge is 0.452 e. The predicted octanol–water partition coefficient (Wildman–Crippen LogP) is 5.68. The molecule has 1 N–H and O–H groups in total. The number of amides is 3. The Kier molecular flexibility index (Phi) is 8.10. The summed E-state index contributed by atoms with van der Waals surface area (Å²) >= 11 is 0. The minimum absolute atomic E-state index is 0.174. The maximum atomic E-state index is 13.3. The lowest BCUT2D eigenvalue weighted by atomic mass is 9.73. The van der Waals surface area contributed by atoms with Crippen LogP contribution in [0.5, 0.6) is 0 Å². The van der Waals surface area contributed by atoms with Crippen molar-refractivity contribution in [1.82, 2.24) is 0 Å². The van der Waals surface area contributed by atoms with Crippen molar-refractivity contribution in [2.75, 3.05) is 16.8 Å². The van der Waals surface area contributed by atoms with Crippen molar-refractivity contribution in [2.24, 2.45) is 11.8 Å². The van der Waals surface area contributed by atoms with Crippen LogP contribution in [0.4, 0.5) is 11.4 Å². The molecule has 1 saturated heterocycles. The van der Waals surface area contributed by atoms with Gasteiger partial charge in [0.15, 0.2) is 6.61 Å². The van der Waals surface area contributed by atoms with E-state index < -0.39 is 18.5 Å². The lowest BCUT2D eigenvalue weighted by molar-refractivity contribution is -0.122. The quantitative estimate of drug-likeness (QED) is 0.294. The van der Waals surface area contributed by atoms with Crippen molar-refractivity contribution < 1.29 is 23.9 Å². The Labute approximate surface area is 234 Å². The maximum absolute atomic E-state index is 13.3. The summed E-state index contributed by atoms with van der Waals surface area (Å²) in [7, 11) is 0. The van der Waals surface area contributed by atoms with Crippen LogP contribution >= 0.6 is 0 Å². The summed E-state index contributed by atoms with van der Waals surface area (Å²) in [4.78, 5) is 53.0. The topological polar surface area (TPSA) is 92.8 Å². The Morgan fingerprint density at radius 1 is 0.825 bits per heavy atom. The van der Waals surface area contributed by atoms with Gasteiger partial charge in [0, 0.05) is 5.69 Å². The number of hydrogen-bond donors (Lipinski definition) is 1. The van der Waals surface area contributed by atoms with Gasteiger partial charge in [-0.05, 0) is 79.0 Å². The summed E-state index contributed by atoms with van der Waals surface area (Å²) in [5.74, 6) is -1.79. The zero-order valence-electron chi connectivity index (χ0n) is 22.9. The third-order valence-corrected chi connectivity index (χ3v) is 8.16. The number of rotatable bonds is 8. The van der Waals surface area contributed by atoms with E-state index in [1.54, 1.807) is 12.1 Å². The van der Waals surface area contributed by atoms with E-state index in [1.807, 2.05) is 50.2 Å². The van der Waals surface area contributed by atoms with Crippen LogP contribution in [-0.2, 0) is 32.0 Å². The van der Waals surface area contributed by atoms with Gasteiger partial charge in [0.2, 0.25) is 11.8 Å². The Hall–Kier alpha value is -4.26. The average Bonchev–Trinajstić information content (AvgIpc) is 3.25. The van der Waals surface area contributed by atoms with E-state index in [-0.39, 0.29) is 35.1 Å². The molecule has 2 aliphatic rings. The zero-order valence-corrected chi connectivity index (χ0v) is 22.9. The molecule has 3 aromatic rings. The van der Waals surface area contributed by atoms with Crippen LogP contribution in [0.3, 0.4) is 0 Å². The summed E-state index contributed by atoms with van der Waals surface area (Å²) in [6, 6.07) is 22.3. The molecule has 0 radical (unpaired) electrons. The lowest BCUT2D eigenvalue weighted by Crippen LogP contribution is -2.30. The molecular weight excluding hydrogens is 504 g/mol. The molecule has 40 heavy (non-hydrogen) atoms. The second-order valence-corrected chi connectivity index (χ2v) is 10.5. The van der Waals surface area contributed by atoms with Crippen molar-refractivity contribution in [3.63, 3.8) is 0 Å². The Bertz CT molecular complexity index is 1390. The number of benzene rings is 3. The lowest BCUT2D eigenvalue weighted by Gasteiger charge is -2.28. The minimum atomic E-state index is -0.653. The van der Waals surface area contributed by atoms with E-state index >= 15 is 0 Å². The summed E-state index contributed by atoms with van der Waals surface area (Å²) in [6.45, 7) is 3.62. The molecular formula is C33H34N2O5. The number of aryl methyl sites for hydroxylation is 2. The van der Waals surface area contributed by atoms with Crippen molar-refractivity contribution in [1.29, 1.82) is 0 Å². The second kappa shape index (κ2) is 11.9. The first kappa shape index (κ1) is 27.3. The number of nitrogens with zero attached hydrogens (tertiary/aromatic N) is 1. The van der Waals surface area contributed by atoms with Crippen molar-refractivity contribution in [3.05, 3.63) is 95.1 Å². The van der Waals surface area contributed by atoms with Gasteiger partial charge in [0.25, 0.3) is 5.91 Å². The Morgan fingerprint density at radius 2 is 1.48 bits per heavy atom. The van der Waals surface area contributed by atoms with Crippen LogP contribution in [0, 0.1) is 11.8 Å². The van der Waals surface area contributed by atoms with E-state index in [4.69, 9.17) is 4.74 Å². The first-order valence-electron chi connectivity index (χ1n) is 14.0. The number of imide groups is 1. The fourth-order valence-electron chi connectivity index (χ4n) is 6.00.